The summed E-state index contributed by atoms with van der Waals surface area (Å²) in [5, 5.41) is 8.64. The van der Waals surface area contributed by atoms with E-state index in [-0.39, 0.29) is 0 Å². The summed E-state index contributed by atoms with van der Waals surface area (Å²) in [5.74, 6) is 0.556. The molecule has 3 aromatic rings. The standard InChI is InChI=1S/C14H14ClN5O/c1-19(2)9-5-4-6-10(7-9)20-14-13(17-18-20)11(21-3)8-12(15)16-14/h4-8H,1-3H3. The summed E-state index contributed by atoms with van der Waals surface area (Å²) in [5.41, 5.74) is 3.07. The molecule has 6 nitrogen and oxygen atoms in total. The Hall–Kier alpha value is -2.34. The third-order valence-corrected chi connectivity index (χ3v) is 3.35. The molecule has 0 bridgehead atoms. The molecule has 0 saturated heterocycles. The van der Waals surface area contributed by atoms with Gasteiger partial charge in [0, 0.05) is 25.8 Å². The minimum atomic E-state index is 0.340. The first kappa shape index (κ1) is 13.6. The largest absolute Gasteiger partial charge is 0.494 e. The van der Waals surface area contributed by atoms with Gasteiger partial charge in [0.15, 0.2) is 16.9 Å². The number of hydrogen-bond acceptors (Lipinski definition) is 5. The highest BCUT2D eigenvalue weighted by Gasteiger charge is 2.14. The van der Waals surface area contributed by atoms with Crippen molar-refractivity contribution in [1.82, 2.24) is 20.0 Å². The van der Waals surface area contributed by atoms with Crippen molar-refractivity contribution in [3.63, 3.8) is 0 Å². The number of hydrogen-bond donors (Lipinski definition) is 0. The molecule has 0 aliphatic heterocycles. The Labute approximate surface area is 126 Å². The predicted octanol–water partition coefficient (Wildman–Crippen LogP) is 2.54. The van der Waals surface area contributed by atoms with E-state index in [1.165, 1.54) is 0 Å². The molecule has 2 heterocycles. The highest BCUT2D eigenvalue weighted by Crippen LogP contribution is 2.27. The maximum absolute atomic E-state index is 6.03. The van der Waals surface area contributed by atoms with Gasteiger partial charge in [-0.1, -0.05) is 22.9 Å². The molecule has 0 N–H and O–H groups in total. The molecule has 7 heteroatoms. The van der Waals surface area contributed by atoms with Crippen LogP contribution in [0.2, 0.25) is 5.15 Å². The molecule has 0 fully saturated rings. The Balaban J connectivity index is 2.21. The number of anilines is 1. The van der Waals surface area contributed by atoms with Crippen molar-refractivity contribution in [3.05, 3.63) is 35.5 Å². The first-order valence-electron chi connectivity index (χ1n) is 6.34. The lowest BCUT2D eigenvalue weighted by Gasteiger charge is -2.13. The van der Waals surface area contributed by atoms with Gasteiger partial charge < -0.3 is 9.64 Å². The predicted molar refractivity (Wildman–Crippen MR) is 82.5 cm³/mol. The van der Waals surface area contributed by atoms with E-state index >= 15 is 0 Å². The summed E-state index contributed by atoms with van der Waals surface area (Å²) in [4.78, 5) is 6.32. The SMILES string of the molecule is COc1cc(Cl)nc2c1nnn2-c1cccc(N(C)C)c1. The average Bonchev–Trinajstić information content (AvgIpc) is 2.90. The average molecular weight is 304 g/mol. The van der Waals surface area contributed by atoms with E-state index in [1.54, 1.807) is 17.9 Å². The Morgan fingerprint density at radius 3 is 2.76 bits per heavy atom. The number of rotatable bonds is 3. The smallest absolute Gasteiger partial charge is 0.188 e. The van der Waals surface area contributed by atoms with Crippen molar-refractivity contribution in [1.29, 1.82) is 0 Å². The molecule has 21 heavy (non-hydrogen) atoms. The molecule has 2 aromatic heterocycles. The molecule has 0 aliphatic rings. The van der Waals surface area contributed by atoms with Crippen LogP contribution in [0.5, 0.6) is 5.75 Å². The van der Waals surface area contributed by atoms with Crippen LogP contribution in [0.4, 0.5) is 5.69 Å². The minimum absolute atomic E-state index is 0.340. The zero-order valence-corrected chi connectivity index (χ0v) is 12.7. The van der Waals surface area contributed by atoms with Crippen LogP contribution < -0.4 is 9.64 Å². The topological polar surface area (TPSA) is 56.1 Å². The highest BCUT2D eigenvalue weighted by molar-refractivity contribution is 6.30. The maximum atomic E-state index is 6.03. The van der Waals surface area contributed by atoms with Crippen molar-refractivity contribution < 1.29 is 4.74 Å². The van der Waals surface area contributed by atoms with E-state index in [1.807, 2.05) is 43.3 Å². The molecule has 0 amide bonds. The quantitative estimate of drug-likeness (QED) is 0.696. The summed E-state index contributed by atoms with van der Waals surface area (Å²) >= 11 is 6.03. The molecule has 0 radical (unpaired) electrons. The molecule has 1 aromatic carbocycles. The van der Waals surface area contributed by atoms with Crippen LogP contribution in [0.1, 0.15) is 0 Å². The number of aromatic nitrogens is 4. The summed E-state index contributed by atoms with van der Waals surface area (Å²) < 4.78 is 6.92. The summed E-state index contributed by atoms with van der Waals surface area (Å²) in [6, 6.07) is 9.54. The van der Waals surface area contributed by atoms with E-state index in [0.29, 0.717) is 22.1 Å². The molecule has 0 unspecified atom stereocenters. The first-order valence-corrected chi connectivity index (χ1v) is 6.71. The van der Waals surface area contributed by atoms with E-state index in [2.05, 4.69) is 15.3 Å². The van der Waals surface area contributed by atoms with Crippen LogP contribution in [0, 0.1) is 0 Å². The van der Waals surface area contributed by atoms with Crippen molar-refractivity contribution in [2.24, 2.45) is 0 Å². The van der Waals surface area contributed by atoms with Gasteiger partial charge in [0.2, 0.25) is 0 Å². The van der Waals surface area contributed by atoms with Gasteiger partial charge in [0.05, 0.1) is 12.8 Å². The van der Waals surface area contributed by atoms with Gasteiger partial charge in [-0.15, -0.1) is 5.10 Å². The fraction of sp³-hybridized carbons (Fsp3) is 0.214. The number of fused-ring (bicyclic) bond motifs is 1. The lowest BCUT2D eigenvalue weighted by Crippen LogP contribution is -2.09. The summed E-state index contributed by atoms with van der Waals surface area (Å²) in [7, 11) is 5.53. The van der Waals surface area contributed by atoms with Gasteiger partial charge in [0.1, 0.15) is 5.15 Å². The van der Waals surface area contributed by atoms with Gasteiger partial charge >= 0.3 is 0 Å². The van der Waals surface area contributed by atoms with Gasteiger partial charge in [-0.2, -0.15) is 4.68 Å². The second-order valence-corrected chi connectivity index (χ2v) is 5.12. The Morgan fingerprint density at radius 1 is 1.24 bits per heavy atom. The van der Waals surface area contributed by atoms with Crippen LogP contribution in [0.3, 0.4) is 0 Å². The van der Waals surface area contributed by atoms with E-state index in [4.69, 9.17) is 16.3 Å². The zero-order chi connectivity index (χ0) is 15.0. The number of halogens is 1. The maximum Gasteiger partial charge on any atom is 0.188 e. The fourth-order valence-electron chi connectivity index (χ4n) is 2.08. The first-order chi connectivity index (χ1) is 10.1. The van der Waals surface area contributed by atoms with Crippen LogP contribution in [-0.4, -0.2) is 41.2 Å². The Bertz CT molecular complexity index is 799. The lowest BCUT2D eigenvalue weighted by atomic mass is 10.2. The van der Waals surface area contributed by atoms with Crippen molar-refractivity contribution in [3.8, 4) is 11.4 Å². The Kier molecular flexibility index (Phi) is 3.39. The third-order valence-electron chi connectivity index (χ3n) is 3.15. The molecule has 0 saturated carbocycles. The molecule has 0 spiro atoms. The highest BCUT2D eigenvalue weighted by atomic mass is 35.5. The minimum Gasteiger partial charge on any atom is -0.494 e. The normalized spacial score (nSPS) is 10.9. The van der Waals surface area contributed by atoms with E-state index < -0.39 is 0 Å². The van der Waals surface area contributed by atoms with Crippen molar-refractivity contribution in [2.75, 3.05) is 26.1 Å². The molecule has 108 valence electrons. The number of nitrogens with zero attached hydrogens (tertiary/aromatic N) is 5. The number of methoxy groups -OCH3 is 1. The lowest BCUT2D eigenvalue weighted by molar-refractivity contribution is 0.418. The van der Waals surface area contributed by atoms with Crippen LogP contribution in [0.15, 0.2) is 30.3 Å². The van der Waals surface area contributed by atoms with Crippen LogP contribution >= 0.6 is 11.6 Å². The second-order valence-electron chi connectivity index (χ2n) is 4.73. The van der Waals surface area contributed by atoms with E-state index in [0.717, 1.165) is 11.4 Å². The van der Waals surface area contributed by atoms with Gasteiger partial charge in [0.25, 0.3) is 0 Å². The molecule has 3 rings (SSSR count). The molecular weight excluding hydrogens is 290 g/mol. The van der Waals surface area contributed by atoms with Gasteiger partial charge in [-0.25, -0.2) is 4.98 Å². The van der Waals surface area contributed by atoms with E-state index in [9.17, 15) is 0 Å². The number of pyridine rings is 1. The number of benzene rings is 1. The zero-order valence-electron chi connectivity index (χ0n) is 11.9. The summed E-state index contributed by atoms with van der Waals surface area (Å²) in [6.07, 6.45) is 0. The van der Waals surface area contributed by atoms with Crippen LogP contribution in [0.25, 0.3) is 16.9 Å². The molecular formula is C14H14ClN5O. The number of ether oxygens (including phenoxy) is 1. The Morgan fingerprint density at radius 2 is 2.05 bits per heavy atom. The van der Waals surface area contributed by atoms with Crippen molar-refractivity contribution in [2.45, 2.75) is 0 Å². The van der Waals surface area contributed by atoms with Gasteiger partial charge in [-0.3, -0.25) is 0 Å². The summed E-state index contributed by atoms with van der Waals surface area (Å²) in [6.45, 7) is 0. The fourth-order valence-corrected chi connectivity index (χ4v) is 2.26. The third kappa shape index (κ3) is 2.38. The van der Waals surface area contributed by atoms with Crippen molar-refractivity contribution >= 4 is 28.5 Å². The van der Waals surface area contributed by atoms with Gasteiger partial charge in [-0.05, 0) is 18.2 Å². The van der Waals surface area contributed by atoms with Crippen LogP contribution in [-0.2, 0) is 0 Å². The monoisotopic (exact) mass is 303 g/mol. The molecule has 0 aliphatic carbocycles. The second kappa shape index (κ2) is 5.21. The molecule has 0 atom stereocenters.